The zero-order chi connectivity index (χ0) is 15.9. The molecule has 0 bridgehead atoms. The molecule has 1 aromatic rings. The maximum Gasteiger partial charge on any atom is 0.220 e. The molecule has 0 spiro atoms. The maximum atomic E-state index is 11.8. The molecule has 1 fully saturated rings. The lowest BCUT2D eigenvalue weighted by Gasteiger charge is -2.31. The predicted octanol–water partition coefficient (Wildman–Crippen LogP) is 1.38. The largest absolute Gasteiger partial charge is 0.391 e. The van der Waals surface area contributed by atoms with Crippen LogP contribution in [0.1, 0.15) is 44.2 Å². The summed E-state index contributed by atoms with van der Waals surface area (Å²) >= 11 is 0. The van der Waals surface area contributed by atoms with Gasteiger partial charge in [-0.3, -0.25) is 9.78 Å². The van der Waals surface area contributed by atoms with E-state index >= 15 is 0 Å². The Balaban J connectivity index is 1.92. The Morgan fingerprint density at radius 2 is 2.05 bits per heavy atom. The van der Waals surface area contributed by atoms with Gasteiger partial charge < -0.3 is 16.6 Å². The second-order valence-corrected chi connectivity index (χ2v) is 6.40. The highest BCUT2D eigenvalue weighted by molar-refractivity contribution is 5.77. The van der Waals surface area contributed by atoms with Crippen molar-refractivity contribution in [1.29, 1.82) is 0 Å². The Morgan fingerprint density at radius 1 is 1.32 bits per heavy atom. The van der Waals surface area contributed by atoms with Crippen molar-refractivity contribution in [2.24, 2.45) is 23.3 Å². The molecule has 2 rings (SSSR count). The number of primary amides is 1. The van der Waals surface area contributed by atoms with Crippen LogP contribution in [0, 0.1) is 11.8 Å². The van der Waals surface area contributed by atoms with Gasteiger partial charge in [0.2, 0.25) is 5.91 Å². The van der Waals surface area contributed by atoms with Gasteiger partial charge in [0.1, 0.15) is 0 Å². The van der Waals surface area contributed by atoms with Gasteiger partial charge in [-0.05, 0) is 37.3 Å². The molecule has 1 aliphatic carbocycles. The monoisotopic (exact) mass is 305 g/mol. The van der Waals surface area contributed by atoms with Gasteiger partial charge in [-0.1, -0.05) is 25.3 Å². The van der Waals surface area contributed by atoms with Crippen molar-refractivity contribution >= 4 is 5.91 Å². The van der Waals surface area contributed by atoms with Crippen LogP contribution in [0.3, 0.4) is 0 Å². The smallest absolute Gasteiger partial charge is 0.220 e. The minimum Gasteiger partial charge on any atom is -0.391 e. The molecule has 1 aromatic heterocycles. The number of pyridine rings is 1. The van der Waals surface area contributed by atoms with Crippen molar-refractivity contribution in [3.8, 4) is 0 Å². The summed E-state index contributed by atoms with van der Waals surface area (Å²) in [5.74, 6) is -0.288. The topological polar surface area (TPSA) is 102 Å². The third-order valence-electron chi connectivity index (χ3n) is 4.74. The number of nitrogens with zero attached hydrogens (tertiary/aromatic N) is 1. The van der Waals surface area contributed by atoms with Gasteiger partial charge in [0.05, 0.1) is 6.10 Å². The van der Waals surface area contributed by atoms with E-state index in [-0.39, 0.29) is 11.8 Å². The van der Waals surface area contributed by atoms with Crippen molar-refractivity contribution in [3.63, 3.8) is 0 Å². The van der Waals surface area contributed by atoms with E-state index in [0.717, 1.165) is 31.4 Å². The summed E-state index contributed by atoms with van der Waals surface area (Å²) in [6.45, 7) is 0. The summed E-state index contributed by atoms with van der Waals surface area (Å²) in [7, 11) is 0. The first-order chi connectivity index (χ1) is 10.6. The van der Waals surface area contributed by atoms with Gasteiger partial charge in [-0.2, -0.15) is 0 Å². The number of nitrogens with two attached hydrogens (primary N) is 2. The first kappa shape index (κ1) is 16.9. The van der Waals surface area contributed by atoms with Crippen molar-refractivity contribution < 1.29 is 9.90 Å². The summed E-state index contributed by atoms with van der Waals surface area (Å²) in [6.07, 6.45) is 7.39. The fraction of sp³-hybridized carbons (Fsp3) is 0.647. The second-order valence-electron chi connectivity index (χ2n) is 6.40. The molecule has 5 heteroatoms. The van der Waals surface area contributed by atoms with E-state index in [0.29, 0.717) is 18.8 Å². The quantitative estimate of drug-likeness (QED) is 0.708. The average molecular weight is 305 g/mol. The molecule has 22 heavy (non-hydrogen) atoms. The Morgan fingerprint density at radius 3 is 2.64 bits per heavy atom. The average Bonchev–Trinajstić information content (AvgIpc) is 2.53. The standard InChI is InChI=1S/C17H27N3O2/c18-15(10-13-8-4-5-9-20-13)16(21)11-14(17(19)22)12-6-2-1-3-7-12/h4-5,8-9,12,14-16,21H,1-3,6-7,10-11,18H2,(H2,19,22). The third-order valence-corrected chi connectivity index (χ3v) is 4.74. The Bertz CT molecular complexity index is 460. The van der Waals surface area contributed by atoms with Crippen LogP contribution in [-0.4, -0.2) is 28.1 Å². The minimum atomic E-state index is -0.735. The molecule has 5 N–H and O–H groups in total. The minimum absolute atomic E-state index is 0.273. The van der Waals surface area contributed by atoms with Gasteiger partial charge in [-0.15, -0.1) is 0 Å². The molecule has 0 aromatic carbocycles. The number of amides is 1. The van der Waals surface area contributed by atoms with E-state index in [1.165, 1.54) is 6.42 Å². The first-order valence-corrected chi connectivity index (χ1v) is 8.20. The normalized spacial score (nSPS) is 20.3. The van der Waals surface area contributed by atoms with Gasteiger partial charge in [-0.25, -0.2) is 0 Å². The molecule has 1 aliphatic rings. The van der Waals surface area contributed by atoms with E-state index in [1.54, 1.807) is 6.20 Å². The van der Waals surface area contributed by atoms with E-state index in [9.17, 15) is 9.90 Å². The zero-order valence-corrected chi connectivity index (χ0v) is 13.0. The lowest BCUT2D eigenvalue weighted by Crippen LogP contribution is -2.42. The van der Waals surface area contributed by atoms with E-state index < -0.39 is 12.1 Å². The molecular weight excluding hydrogens is 278 g/mol. The Hall–Kier alpha value is -1.46. The number of rotatable bonds is 7. The van der Waals surface area contributed by atoms with Crippen molar-refractivity contribution in [2.75, 3.05) is 0 Å². The van der Waals surface area contributed by atoms with Gasteiger partial charge in [0.25, 0.3) is 0 Å². The predicted molar refractivity (Wildman–Crippen MR) is 85.8 cm³/mol. The van der Waals surface area contributed by atoms with Crippen LogP contribution in [0.2, 0.25) is 0 Å². The molecule has 122 valence electrons. The number of aliphatic hydroxyl groups excluding tert-OH is 1. The Labute approximate surface area is 132 Å². The SMILES string of the molecule is NC(=O)C(CC(O)C(N)Cc1ccccn1)C1CCCCC1. The van der Waals surface area contributed by atoms with E-state index in [4.69, 9.17) is 11.5 Å². The van der Waals surface area contributed by atoms with E-state index in [1.807, 2.05) is 18.2 Å². The number of hydrogen-bond acceptors (Lipinski definition) is 4. The van der Waals surface area contributed by atoms with Crippen LogP contribution in [-0.2, 0) is 11.2 Å². The highest BCUT2D eigenvalue weighted by Crippen LogP contribution is 2.32. The van der Waals surface area contributed by atoms with Gasteiger partial charge >= 0.3 is 0 Å². The molecule has 3 atom stereocenters. The molecule has 0 radical (unpaired) electrons. The summed E-state index contributed by atoms with van der Waals surface area (Å²) in [5.41, 5.74) is 12.5. The molecule has 0 saturated heterocycles. The molecule has 5 nitrogen and oxygen atoms in total. The summed E-state index contributed by atoms with van der Waals surface area (Å²) in [6, 6.07) is 5.20. The fourth-order valence-corrected chi connectivity index (χ4v) is 3.41. The fourth-order valence-electron chi connectivity index (χ4n) is 3.41. The number of aromatic nitrogens is 1. The summed E-state index contributed by atoms with van der Waals surface area (Å²) in [4.78, 5) is 16.0. The zero-order valence-electron chi connectivity index (χ0n) is 13.0. The lowest BCUT2D eigenvalue weighted by atomic mass is 9.76. The molecule has 1 heterocycles. The van der Waals surface area contributed by atoms with Crippen molar-refractivity contribution in [1.82, 2.24) is 4.98 Å². The van der Waals surface area contributed by atoms with Crippen LogP contribution in [0.4, 0.5) is 0 Å². The second kappa shape index (κ2) is 8.25. The van der Waals surface area contributed by atoms with Crippen molar-refractivity contribution in [2.45, 2.75) is 57.1 Å². The summed E-state index contributed by atoms with van der Waals surface area (Å²) in [5, 5.41) is 10.4. The third kappa shape index (κ3) is 4.78. The maximum absolute atomic E-state index is 11.8. The van der Waals surface area contributed by atoms with Crippen LogP contribution in [0.25, 0.3) is 0 Å². The van der Waals surface area contributed by atoms with Crippen LogP contribution < -0.4 is 11.5 Å². The highest BCUT2D eigenvalue weighted by Gasteiger charge is 2.31. The van der Waals surface area contributed by atoms with Gasteiger partial charge in [0, 0.05) is 30.3 Å². The Kier molecular flexibility index (Phi) is 6.34. The van der Waals surface area contributed by atoms with Crippen LogP contribution in [0.5, 0.6) is 0 Å². The number of aliphatic hydroxyl groups is 1. The molecular formula is C17H27N3O2. The van der Waals surface area contributed by atoms with Crippen LogP contribution in [0.15, 0.2) is 24.4 Å². The lowest BCUT2D eigenvalue weighted by molar-refractivity contribution is -0.125. The number of carbonyl (C=O) groups excluding carboxylic acids is 1. The summed E-state index contributed by atoms with van der Waals surface area (Å²) < 4.78 is 0. The van der Waals surface area contributed by atoms with E-state index in [2.05, 4.69) is 4.98 Å². The van der Waals surface area contributed by atoms with Crippen molar-refractivity contribution in [3.05, 3.63) is 30.1 Å². The number of carbonyl (C=O) groups is 1. The molecule has 1 amide bonds. The molecule has 1 saturated carbocycles. The number of hydrogen-bond donors (Lipinski definition) is 3. The molecule has 3 unspecified atom stereocenters. The first-order valence-electron chi connectivity index (χ1n) is 8.20. The molecule has 0 aliphatic heterocycles. The highest BCUT2D eigenvalue weighted by atomic mass is 16.3. The van der Waals surface area contributed by atoms with Gasteiger partial charge in [0.15, 0.2) is 0 Å². The van der Waals surface area contributed by atoms with Crippen LogP contribution >= 0.6 is 0 Å².